The summed E-state index contributed by atoms with van der Waals surface area (Å²) in [6, 6.07) is 5.22. The lowest BCUT2D eigenvalue weighted by molar-refractivity contribution is 0.0928. The maximum absolute atomic E-state index is 11.3. The van der Waals surface area contributed by atoms with E-state index >= 15 is 0 Å². The Hall–Kier alpha value is -1.42. The Morgan fingerprint density at radius 1 is 1.54 bits per heavy atom. The lowest BCUT2D eigenvalue weighted by atomic mass is 10.3. The fourth-order valence-electron chi connectivity index (χ4n) is 0.829. The lowest BCUT2D eigenvalue weighted by Gasteiger charge is -2.04. The SMILES string of the molecule is CCCNNC(=O)c1ccccn1. The van der Waals surface area contributed by atoms with Crippen molar-refractivity contribution >= 4 is 5.91 Å². The number of amides is 1. The second-order valence-corrected chi connectivity index (χ2v) is 2.60. The monoisotopic (exact) mass is 179 g/mol. The molecular formula is C9H13N3O. The predicted molar refractivity (Wildman–Crippen MR) is 50.0 cm³/mol. The number of carbonyl (C=O) groups is 1. The van der Waals surface area contributed by atoms with Crippen molar-refractivity contribution in [2.24, 2.45) is 0 Å². The van der Waals surface area contributed by atoms with Gasteiger partial charge in [-0.1, -0.05) is 13.0 Å². The molecule has 4 nitrogen and oxygen atoms in total. The molecule has 2 N–H and O–H groups in total. The van der Waals surface area contributed by atoms with E-state index in [0.29, 0.717) is 5.69 Å². The molecule has 1 rings (SSSR count). The molecule has 13 heavy (non-hydrogen) atoms. The number of aromatic nitrogens is 1. The van der Waals surface area contributed by atoms with Gasteiger partial charge in [0.25, 0.3) is 5.91 Å². The molecule has 0 unspecified atom stereocenters. The molecule has 0 bridgehead atoms. The third kappa shape index (κ3) is 3.21. The Labute approximate surface area is 77.3 Å². The maximum atomic E-state index is 11.3. The molecule has 4 heteroatoms. The normalized spacial score (nSPS) is 9.62. The minimum atomic E-state index is -0.200. The summed E-state index contributed by atoms with van der Waals surface area (Å²) in [6.07, 6.45) is 2.57. The van der Waals surface area contributed by atoms with Crippen molar-refractivity contribution in [1.82, 2.24) is 15.8 Å². The number of nitrogens with one attached hydrogen (secondary N) is 2. The van der Waals surface area contributed by atoms with E-state index in [1.165, 1.54) is 0 Å². The molecule has 1 amide bonds. The van der Waals surface area contributed by atoms with E-state index in [0.717, 1.165) is 13.0 Å². The second-order valence-electron chi connectivity index (χ2n) is 2.60. The number of carbonyl (C=O) groups excluding carboxylic acids is 1. The summed E-state index contributed by atoms with van der Waals surface area (Å²) < 4.78 is 0. The van der Waals surface area contributed by atoms with Crippen molar-refractivity contribution in [3.8, 4) is 0 Å². The first-order chi connectivity index (χ1) is 6.34. The molecule has 0 aromatic carbocycles. The Bertz CT molecular complexity index is 261. The maximum Gasteiger partial charge on any atom is 0.283 e. The minimum absolute atomic E-state index is 0.200. The lowest BCUT2D eigenvalue weighted by Crippen LogP contribution is -2.38. The van der Waals surface area contributed by atoms with Gasteiger partial charge < -0.3 is 0 Å². The highest BCUT2D eigenvalue weighted by Crippen LogP contribution is 1.91. The van der Waals surface area contributed by atoms with Crippen molar-refractivity contribution in [1.29, 1.82) is 0 Å². The standard InChI is InChI=1S/C9H13N3O/c1-2-6-11-12-9(13)8-5-3-4-7-10-8/h3-5,7,11H,2,6H2,1H3,(H,12,13). The van der Waals surface area contributed by atoms with E-state index in [-0.39, 0.29) is 5.91 Å². The van der Waals surface area contributed by atoms with Gasteiger partial charge in [-0.15, -0.1) is 0 Å². The van der Waals surface area contributed by atoms with Gasteiger partial charge in [-0.25, -0.2) is 5.43 Å². The molecule has 1 aromatic heterocycles. The average molecular weight is 179 g/mol. The number of hydrogen-bond acceptors (Lipinski definition) is 3. The summed E-state index contributed by atoms with van der Waals surface area (Å²) in [5, 5.41) is 0. The molecule has 0 saturated heterocycles. The Morgan fingerprint density at radius 2 is 2.38 bits per heavy atom. The molecule has 0 aliphatic rings. The molecule has 1 aromatic rings. The third-order valence-electron chi connectivity index (χ3n) is 1.47. The largest absolute Gasteiger partial charge is 0.286 e. The van der Waals surface area contributed by atoms with Crippen LogP contribution in [0.3, 0.4) is 0 Å². The first-order valence-corrected chi connectivity index (χ1v) is 4.29. The highest BCUT2D eigenvalue weighted by atomic mass is 16.2. The topological polar surface area (TPSA) is 54.0 Å². The molecule has 0 aliphatic heterocycles. The fourth-order valence-corrected chi connectivity index (χ4v) is 0.829. The first-order valence-electron chi connectivity index (χ1n) is 4.29. The van der Waals surface area contributed by atoms with Crippen LogP contribution < -0.4 is 10.9 Å². The van der Waals surface area contributed by atoms with Crippen molar-refractivity contribution in [3.05, 3.63) is 30.1 Å². The molecule has 0 radical (unpaired) electrons. The summed E-state index contributed by atoms with van der Waals surface area (Å²) >= 11 is 0. The zero-order chi connectivity index (χ0) is 9.52. The minimum Gasteiger partial charge on any atom is -0.286 e. The predicted octanol–water partition coefficient (Wildman–Crippen LogP) is 0.726. The average Bonchev–Trinajstić information content (AvgIpc) is 2.19. The van der Waals surface area contributed by atoms with Crippen LogP contribution in [-0.4, -0.2) is 17.4 Å². The number of rotatable bonds is 4. The third-order valence-corrected chi connectivity index (χ3v) is 1.47. The molecule has 0 saturated carbocycles. The van der Waals surface area contributed by atoms with Gasteiger partial charge in [0.1, 0.15) is 5.69 Å². The fraction of sp³-hybridized carbons (Fsp3) is 0.333. The Balaban J connectivity index is 2.40. The van der Waals surface area contributed by atoms with E-state index in [1.54, 1.807) is 24.4 Å². The number of nitrogens with zero attached hydrogens (tertiary/aromatic N) is 1. The zero-order valence-electron chi connectivity index (χ0n) is 7.58. The van der Waals surface area contributed by atoms with Gasteiger partial charge in [-0.05, 0) is 18.6 Å². The van der Waals surface area contributed by atoms with E-state index in [2.05, 4.69) is 15.8 Å². The summed E-state index contributed by atoms with van der Waals surface area (Å²) in [7, 11) is 0. The highest BCUT2D eigenvalue weighted by Gasteiger charge is 2.03. The van der Waals surface area contributed by atoms with Gasteiger partial charge in [0.05, 0.1) is 0 Å². The van der Waals surface area contributed by atoms with Gasteiger partial charge in [0.2, 0.25) is 0 Å². The number of hydrogen-bond donors (Lipinski definition) is 2. The molecule has 0 atom stereocenters. The zero-order valence-corrected chi connectivity index (χ0v) is 7.58. The molecule has 0 aliphatic carbocycles. The number of pyridine rings is 1. The quantitative estimate of drug-likeness (QED) is 0.529. The van der Waals surface area contributed by atoms with Gasteiger partial charge in [-0.3, -0.25) is 15.2 Å². The molecule has 70 valence electrons. The smallest absolute Gasteiger partial charge is 0.283 e. The van der Waals surface area contributed by atoms with Gasteiger partial charge >= 0.3 is 0 Å². The van der Waals surface area contributed by atoms with Gasteiger partial charge in [0.15, 0.2) is 0 Å². The van der Waals surface area contributed by atoms with Crippen LogP contribution in [0.25, 0.3) is 0 Å². The summed E-state index contributed by atoms with van der Waals surface area (Å²) in [5.74, 6) is -0.200. The van der Waals surface area contributed by atoms with Crippen molar-refractivity contribution < 1.29 is 4.79 Å². The van der Waals surface area contributed by atoms with Crippen molar-refractivity contribution in [2.75, 3.05) is 6.54 Å². The Morgan fingerprint density at radius 3 is 3.00 bits per heavy atom. The summed E-state index contributed by atoms with van der Waals surface area (Å²) in [5.41, 5.74) is 5.76. The second kappa shape index (κ2) is 5.27. The van der Waals surface area contributed by atoms with E-state index in [4.69, 9.17) is 0 Å². The Kier molecular flexibility index (Phi) is 3.92. The molecule has 0 spiro atoms. The van der Waals surface area contributed by atoms with Crippen LogP contribution in [0.2, 0.25) is 0 Å². The molecule has 0 fully saturated rings. The van der Waals surface area contributed by atoms with Gasteiger partial charge in [0, 0.05) is 12.7 Å². The van der Waals surface area contributed by atoms with Crippen LogP contribution in [0.15, 0.2) is 24.4 Å². The van der Waals surface area contributed by atoms with Crippen LogP contribution in [0.5, 0.6) is 0 Å². The van der Waals surface area contributed by atoms with Gasteiger partial charge in [-0.2, -0.15) is 0 Å². The van der Waals surface area contributed by atoms with E-state index in [1.807, 2.05) is 6.92 Å². The number of hydrazine groups is 1. The van der Waals surface area contributed by atoms with Crippen molar-refractivity contribution in [3.63, 3.8) is 0 Å². The highest BCUT2D eigenvalue weighted by molar-refractivity contribution is 5.91. The van der Waals surface area contributed by atoms with Crippen LogP contribution in [-0.2, 0) is 0 Å². The summed E-state index contributed by atoms with van der Waals surface area (Å²) in [6.45, 7) is 2.79. The van der Waals surface area contributed by atoms with Crippen LogP contribution in [0, 0.1) is 0 Å². The van der Waals surface area contributed by atoms with Crippen LogP contribution in [0.4, 0.5) is 0 Å². The first kappa shape index (κ1) is 9.67. The van der Waals surface area contributed by atoms with E-state index in [9.17, 15) is 4.79 Å². The van der Waals surface area contributed by atoms with E-state index < -0.39 is 0 Å². The summed E-state index contributed by atoms with van der Waals surface area (Å²) in [4.78, 5) is 15.2. The molecular weight excluding hydrogens is 166 g/mol. The van der Waals surface area contributed by atoms with Crippen LogP contribution >= 0.6 is 0 Å². The molecule has 1 heterocycles. The van der Waals surface area contributed by atoms with Crippen molar-refractivity contribution in [2.45, 2.75) is 13.3 Å². The van der Waals surface area contributed by atoms with Crippen LogP contribution in [0.1, 0.15) is 23.8 Å².